The van der Waals surface area contributed by atoms with Crippen LogP contribution >= 0.6 is 22.7 Å². The summed E-state index contributed by atoms with van der Waals surface area (Å²) in [6.45, 7) is 0. The molecule has 0 bridgehead atoms. The molecular formula is C44H27NS2. The molecule has 47 heavy (non-hydrogen) atoms. The SMILES string of the molecule is c1ccc(-c2cc(-c3ccc(-c4ccc5c(c4)sc4c6ccccc6n(-c6ccccc6)c54)cc3)c3sc4ccccc4c3c2)cc1. The zero-order valence-electron chi connectivity index (χ0n) is 25.4. The van der Waals surface area contributed by atoms with E-state index in [1.807, 2.05) is 22.7 Å². The Hall–Kier alpha value is -5.48. The van der Waals surface area contributed by atoms with Crippen molar-refractivity contribution in [1.29, 1.82) is 0 Å². The van der Waals surface area contributed by atoms with E-state index in [4.69, 9.17) is 0 Å². The first-order valence-electron chi connectivity index (χ1n) is 15.9. The number of hydrogen-bond donors (Lipinski definition) is 0. The van der Waals surface area contributed by atoms with Crippen molar-refractivity contribution >= 4 is 74.1 Å². The first-order chi connectivity index (χ1) is 23.3. The molecule has 0 fully saturated rings. The number of fused-ring (bicyclic) bond motifs is 8. The van der Waals surface area contributed by atoms with E-state index >= 15 is 0 Å². The van der Waals surface area contributed by atoms with Crippen molar-refractivity contribution in [3.05, 3.63) is 164 Å². The quantitative estimate of drug-likeness (QED) is 0.182. The van der Waals surface area contributed by atoms with Gasteiger partial charge in [0.1, 0.15) is 0 Å². The van der Waals surface area contributed by atoms with Crippen LogP contribution in [0.5, 0.6) is 0 Å². The van der Waals surface area contributed by atoms with Gasteiger partial charge in [0.15, 0.2) is 0 Å². The number of hydrogen-bond acceptors (Lipinski definition) is 2. The summed E-state index contributed by atoms with van der Waals surface area (Å²) in [7, 11) is 0. The maximum Gasteiger partial charge on any atom is 0.0727 e. The van der Waals surface area contributed by atoms with Crippen LogP contribution in [0.25, 0.3) is 90.4 Å². The molecule has 3 heteroatoms. The standard InChI is InChI=1S/C44H27NS2/c1-3-11-28(12-4-1)32-25-37(43-38(26-32)34-15-8-10-18-40(34)46-43)30-21-19-29(20-22-30)31-23-24-36-41(27-31)47-44-35-16-7-9-17-39(35)45(42(36)44)33-13-5-2-6-14-33/h1-27H. The van der Waals surface area contributed by atoms with Crippen LogP contribution in [0.3, 0.4) is 0 Å². The molecule has 10 rings (SSSR count). The Morgan fingerprint density at radius 2 is 1.00 bits per heavy atom. The highest BCUT2D eigenvalue weighted by atomic mass is 32.1. The lowest BCUT2D eigenvalue weighted by Crippen LogP contribution is -1.92. The zero-order chi connectivity index (χ0) is 30.9. The van der Waals surface area contributed by atoms with Gasteiger partial charge in [-0.15, -0.1) is 22.7 Å². The Labute approximate surface area is 280 Å². The molecule has 0 radical (unpaired) electrons. The molecule has 0 amide bonds. The summed E-state index contributed by atoms with van der Waals surface area (Å²) in [4.78, 5) is 0. The maximum atomic E-state index is 2.43. The highest BCUT2D eigenvalue weighted by Gasteiger charge is 2.18. The molecule has 0 unspecified atom stereocenters. The molecule has 0 aliphatic rings. The summed E-state index contributed by atoms with van der Waals surface area (Å²) in [5.41, 5.74) is 11.3. The Kier molecular flexibility index (Phi) is 5.98. The van der Waals surface area contributed by atoms with Crippen molar-refractivity contribution in [2.75, 3.05) is 0 Å². The van der Waals surface area contributed by atoms with Crippen LogP contribution in [0.4, 0.5) is 0 Å². The van der Waals surface area contributed by atoms with Gasteiger partial charge < -0.3 is 4.57 Å². The summed E-state index contributed by atoms with van der Waals surface area (Å²) >= 11 is 3.79. The Bertz CT molecular complexity index is 2760. The molecule has 220 valence electrons. The van der Waals surface area contributed by atoms with Crippen molar-refractivity contribution < 1.29 is 0 Å². The van der Waals surface area contributed by atoms with E-state index in [0.717, 1.165) is 0 Å². The Morgan fingerprint density at radius 3 is 1.83 bits per heavy atom. The van der Waals surface area contributed by atoms with Gasteiger partial charge in [-0.25, -0.2) is 0 Å². The van der Waals surface area contributed by atoms with Gasteiger partial charge in [0.25, 0.3) is 0 Å². The molecule has 0 aliphatic heterocycles. The molecule has 0 N–H and O–H groups in total. The maximum absolute atomic E-state index is 2.43. The van der Waals surface area contributed by atoms with Gasteiger partial charge in [-0.2, -0.15) is 0 Å². The third-order valence-electron chi connectivity index (χ3n) is 9.41. The largest absolute Gasteiger partial charge is 0.308 e. The lowest BCUT2D eigenvalue weighted by Gasteiger charge is -2.10. The van der Waals surface area contributed by atoms with E-state index in [1.165, 1.54) is 90.4 Å². The third-order valence-corrected chi connectivity index (χ3v) is 11.8. The summed E-state index contributed by atoms with van der Waals surface area (Å²) < 4.78 is 7.76. The fourth-order valence-electron chi connectivity index (χ4n) is 7.17. The predicted molar refractivity (Wildman–Crippen MR) is 205 cm³/mol. The first-order valence-corrected chi connectivity index (χ1v) is 17.6. The topological polar surface area (TPSA) is 4.93 Å². The minimum atomic E-state index is 1.20. The molecule has 0 spiro atoms. The molecule has 0 saturated heterocycles. The van der Waals surface area contributed by atoms with E-state index in [-0.39, 0.29) is 0 Å². The van der Waals surface area contributed by atoms with Crippen molar-refractivity contribution in [1.82, 2.24) is 4.57 Å². The van der Waals surface area contributed by atoms with Crippen LogP contribution in [0.15, 0.2) is 164 Å². The van der Waals surface area contributed by atoms with Crippen LogP contribution < -0.4 is 0 Å². The lowest BCUT2D eigenvalue weighted by atomic mass is 9.95. The average Bonchev–Trinajstić information content (AvgIpc) is 3.80. The molecule has 3 heterocycles. The average molecular weight is 634 g/mol. The number of rotatable bonds is 4. The van der Waals surface area contributed by atoms with Crippen molar-refractivity contribution in [3.63, 3.8) is 0 Å². The molecule has 7 aromatic carbocycles. The number of nitrogens with zero attached hydrogens (tertiary/aromatic N) is 1. The van der Waals surface area contributed by atoms with Crippen molar-refractivity contribution in [3.8, 4) is 39.1 Å². The number of para-hydroxylation sites is 2. The third kappa shape index (κ3) is 4.21. The summed E-state index contributed by atoms with van der Waals surface area (Å²) in [5, 5.41) is 5.26. The van der Waals surface area contributed by atoms with E-state index in [0.29, 0.717) is 0 Å². The Balaban J connectivity index is 1.10. The van der Waals surface area contributed by atoms with Gasteiger partial charge in [0.2, 0.25) is 0 Å². The van der Waals surface area contributed by atoms with Gasteiger partial charge >= 0.3 is 0 Å². The second-order valence-corrected chi connectivity index (χ2v) is 14.2. The minimum absolute atomic E-state index is 1.20. The van der Waals surface area contributed by atoms with E-state index in [2.05, 4.69) is 168 Å². The normalized spacial score (nSPS) is 11.8. The van der Waals surface area contributed by atoms with Crippen LogP contribution in [0.2, 0.25) is 0 Å². The fraction of sp³-hybridized carbons (Fsp3) is 0. The molecule has 0 saturated carbocycles. The van der Waals surface area contributed by atoms with E-state index in [1.54, 1.807) is 0 Å². The van der Waals surface area contributed by atoms with Gasteiger partial charge in [-0.3, -0.25) is 0 Å². The molecule has 1 nitrogen and oxygen atoms in total. The highest BCUT2D eigenvalue weighted by Crippen LogP contribution is 2.45. The molecule has 0 atom stereocenters. The van der Waals surface area contributed by atoms with Crippen LogP contribution in [0, 0.1) is 0 Å². The second kappa shape index (κ2) is 10.5. The lowest BCUT2D eigenvalue weighted by molar-refractivity contribution is 1.19. The minimum Gasteiger partial charge on any atom is -0.308 e. The van der Waals surface area contributed by atoms with Crippen molar-refractivity contribution in [2.45, 2.75) is 0 Å². The number of thiophene rings is 2. The predicted octanol–water partition coefficient (Wildman–Crippen LogP) is 13.4. The molecule has 0 aliphatic carbocycles. The summed E-state index contributed by atoms with van der Waals surface area (Å²) in [5.74, 6) is 0. The fourth-order valence-corrected chi connectivity index (χ4v) is 9.66. The van der Waals surface area contributed by atoms with Crippen LogP contribution in [0.1, 0.15) is 0 Å². The monoisotopic (exact) mass is 633 g/mol. The van der Waals surface area contributed by atoms with Crippen molar-refractivity contribution in [2.24, 2.45) is 0 Å². The number of aromatic nitrogens is 1. The van der Waals surface area contributed by atoms with Gasteiger partial charge in [0, 0.05) is 46.9 Å². The molecular weight excluding hydrogens is 607 g/mol. The molecule has 10 aromatic rings. The smallest absolute Gasteiger partial charge is 0.0727 e. The van der Waals surface area contributed by atoms with Gasteiger partial charge in [-0.05, 0) is 70.3 Å². The van der Waals surface area contributed by atoms with Gasteiger partial charge in [0.05, 0.1) is 15.7 Å². The van der Waals surface area contributed by atoms with Gasteiger partial charge in [-0.1, -0.05) is 121 Å². The van der Waals surface area contributed by atoms with E-state index in [9.17, 15) is 0 Å². The van der Waals surface area contributed by atoms with Crippen LogP contribution in [-0.2, 0) is 0 Å². The zero-order valence-corrected chi connectivity index (χ0v) is 27.0. The summed E-state index contributed by atoms with van der Waals surface area (Å²) in [6, 6.07) is 59.9. The van der Waals surface area contributed by atoms with Crippen LogP contribution in [-0.4, -0.2) is 4.57 Å². The second-order valence-electron chi connectivity index (χ2n) is 12.1. The number of benzene rings is 7. The first kappa shape index (κ1) is 26.7. The van der Waals surface area contributed by atoms with E-state index < -0.39 is 0 Å². The Morgan fingerprint density at radius 1 is 0.362 bits per heavy atom. The highest BCUT2D eigenvalue weighted by molar-refractivity contribution is 7.27. The molecule has 3 aromatic heterocycles. The summed E-state index contributed by atoms with van der Waals surface area (Å²) in [6.07, 6.45) is 0.